The van der Waals surface area contributed by atoms with Crippen LogP contribution in [0.2, 0.25) is 0 Å². The molecule has 3 atom stereocenters. The summed E-state index contributed by atoms with van der Waals surface area (Å²) in [5.74, 6) is 1.14. The van der Waals surface area contributed by atoms with E-state index in [1.54, 1.807) is 0 Å². The Kier molecular flexibility index (Phi) is 5.30. The molecule has 1 N–H and O–H groups in total. The van der Waals surface area contributed by atoms with Gasteiger partial charge in [0.15, 0.2) is 0 Å². The number of ether oxygens (including phenoxy) is 1. The first-order valence-electron chi connectivity index (χ1n) is 9.30. The van der Waals surface area contributed by atoms with Gasteiger partial charge in [-0.05, 0) is 63.3 Å². The van der Waals surface area contributed by atoms with Gasteiger partial charge < -0.3 is 15.0 Å². The Hall–Kier alpha value is -2.04. The van der Waals surface area contributed by atoms with Crippen molar-refractivity contribution in [3.05, 3.63) is 24.3 Å². The first kappa shape index (κ1) is 17.8. The molecule has 3 unspecified atom stereocenters. The second-order valence-corrected chi connectivity index (χ2v) is 7.66. The minimum atomic E-state index is -0.184. The number of hydrogen-bond acceptors (Lipinski definition) is 3. The minimum Gasteiger partial charge on any atom is -0.491 e. The Bertz CT molecular complexity index is 626. The van der Waals surface area contributed by atoms with Gasteiger partial charge in [0.25, 0.3) is 0 Å². The molecule has 136 valence electrons. The maximum Gasteiger partial charge on any atom is 0.228 e. The molecule has 2 amide bonds. The van der Waals surface area contributed by atoms with Crippen molar-refractivity contribution in [3.63, 3.8) is 0 Å². The van der Waals surface area contributed by atoms with Gasteiger partial charge in [-0.15, -0.1) is 0 Å². The van der Waals surface area contributed by atoms with Gasteiger partial charge in [-0.3, -0.25) is 9.59 Å². The van der Waals surface area contributed by atoms with E-state index >= 15 is 0 Å². The number of nitrogens with one attached hydrogen (secondary N) is 1. The quantitative estimate of drug-likeness (QED) is 0.891. The maximum absolute atomic E-state index is 12.5. The number of carbonyl (C=O) groups is 2. The summed E-state index contributed by atoms with van der Waals surface area (Å²) in [7, 11) is 0. The summed E-state index contributed by atoms with van der Waals surface area (Å²) >= 11 is 0. The smallest absolute Gasteiger partial charge is 0.228 e. The van der Waals surface area contributed by atoms with Crippen LogP contribution in [0.1, 0.15) is 40.0 Å². The topological polar surface area (TPSA) is 58.6 Å². The number of carbonyl (C=O) groups excluding carboxylic acids is 2. The average Bonchev–Trinajstić information content (AvgIpc) is 3.36. The summed E-state index contributed by atoms with van der Waals surface area (Å²) in [6.07, 6.45) is 3.05. The Labute approximate surface area is 149 Å². The van der Waals surface area contributed by atoms with Crippen LogP contribution in [0.15, 0.2) is 24.3 Å². The third-order valence-corrected chi connectivity index (χ3v) is 4.91. The summed E-state index contributed by atoms with van der Waals surface area (Å²) in [6, 6.07) is 7.36. The van der Waals surface area contributed by atoms with Gasteiger partial charge in [0, 0.05) is 18.8 Å². The van der Waals surface area contributed by atoms with Crippen LogP contribution in [0.25, 0.3) is 0 Å². The standard InChI is InChI=1S/C20H28N2O3/c1-13(2)25-16-8-6-15(7-9-16)21-19(23)17-11-18(17)20(24)22-10-4-5-14(3)12-22/h6-9,13-14,17-18H,4-5,10-12H2,1-3H3,(H,21,23). The Morgan fingerprint density at radius 2 is 1.92 bits per heavy atom. The van der Waals surface area contributed by atoms with Crippen molar-refractivity contribution in [2.24, 2.45) is 17.8 Å². The number of anilines is 1. The van der Waals surface area contributed by atoms with Gasteiger partial charge in [-0.25, -0.2) is 0 Å². The van der Waals surface area contributed by atoms with Crippen molar-refractivity contribution in [1.29, 1.82) is 0 Å². The lowest BCUT2D eigenvalue weighted by Gasteiger charge is -2.31. The Balaban J connectivity index is 1.50. The number of piperidine rings is 1. The highest BCUT2D eigenvalue weighted by atomic mass is 16.5. The molecular weight excluding hydrogens is 316 g/mol. The molecule has 0 spiro atoms. The molecular formula is C20H28N2O3. The second kappa shape index (κ2) is 7.46. The van der Waals surface area contributed by atoms with Crippen LogP contribution in [0.3, 0.4) is 0 Å². The van der Waals surface area contributed by atoms with Gasteiger partial charge in [0.1, 0.15) is 5.75 Å². The fourth-order valence-corrected chi connectivity index (χ4v) is 3.51. The molecule has 5 heteroatoms. The third-order valence-electron chi connectivity index (χ3n) is 4.91. The van der Waals surface area contributed by atoms with E-state index in [0.717, 1.165) is 30.9 Å². The van der Waals surface area contributed by atoms with Crippen molar-refractivity contribution in [2.75, 3.05) is 18.4 Å². The lowest BCUT2D eigenvalue weighted by Crippen LogP contribution is -2.40. The first-order valence-corrected chi connectivity index (χ1v) is 9.30. The van der Waals surface area contributed by atoms with E-state index in [9.17, 15) is 9.59 Å². The number of rotatable bonds is 5. The second-order valence-electron chi connectivity index (χ2n) is 7.66. The Morgan fingerprint density at radius 1 is 1.20 bits per heavy atom. The van der Waals surface area contributed by atoms with E-state index in [0.29, 0.717) is 12.3 Å². The molecule has 0 bridgehead atoms. The van der Waals surface area contributed by atoms with Crippen LogP contribution in [0.4, 0.5) is 5.69 Å². The highest BCUT2D eigenvalue weighted by Crippen LogP contribution is 2.41. The Morgan fingerprint density at radius 3 is 2.56 bits per heavy atom. The molecule has 1 heterocycles. The van der Waals surface area contributed by atoms with Crippen molar-refractivity contribution in [2.45, 2.75) is 46.1 Å². The molecule has 1 saturated heterocycles. The van der Waals surface area contributed by atoms with E-state index in [1.165, 1.54) is 6.42 Å². The van der Waals surface area contributed by atoms with E-state index in [2.05, 4.69) is 12.2 Å². The molecule has 1 saturated carbocycles. The molecule has 3 rings (SSSR count). The fourth-order valence-electron chi connectivity index (χ4n) is 3.51. The zero-order valence-electron chi connectivity index (χ0n) is 15.3. The highest BCUT2D eigenvalue weighted by Gasteiger charge is 2.49. The van der Waals surface area contributed by atoms with Crippen molar-refractivity contribution >= 4 is 17.5 Å². The van der Waals surface area contributed by atoms with Gasteiger partial charge in [0.2, 0.25) is 11.8 Å². The predicted octanol–water partition coefficient (Wildman–Crippen LogP) is 3.31. The summed E-state index contributed by atoms with van der Waals surface area (Å²) in [4.78, 5) is 26.9. The van der Waals surface area contributed by atoms with Crippen molar-refractivity contribution in [1.82, 2.24) is 4.90 Å². The highest BCUT2D eigenvalue weighted by molar-refractivity contribution is 5.99. The van der Waals surface area contributed by atoms with Crippen LogP contribution in [0.5, 0.6) is 5.75 Å². The number of hydrogen-bond donors (Lipinski definition) is 1. The fraction of sp³-hybridized carbons (Fsp3) is 0.600. The van der Waals surface area contributed by atoms with E-state index in [1.807, 2.05) is 43.0 Å². The van der Waals surface area contributed by atoms with Crippen LogP contribution in [0, 0.1) is 17.8 Å². The normalized spacial score (nSPS) is 25.6. The lowest BCUT2D eigenvalue weighted by atomic mass is 10.00. The maximum atomic E-state index is 12.5. The number of benzene rings is 1. The number of nitrogens with zero attached hydrogens (tertiary/aromatic N) is 1. The lowest BCUT2D eigenvalue weighted by molar-refractivity contribution is -0.135. The van der Waals surface area contributed by atoms with Crippen LogP contribution in [-0.2, 0) is 9.59 Å². The largest absolute Gasteiger partial charge is 0.491 e. The van der Waals surface area contributed by atoms with E-state index in [4.69, 9.17) is 4.74 Å². The van der Waals surface area contributed by atoms with Gasteiger partial charge in [0.05, 0.1) is 17.9 Å². The van der Waals surface area contributed by atoms with Gasteiger partial charge >= 0.3 is 0 Å². The summed E-state index contributed by atoms with van der Waals surface area (Å²) in [5, 5.41) is 2.92. The molecule has 1 aliphatic heterocycles. The van der Waals surface area contributed by atoms with Crippen LogP contribution >= 0.6 is 0 Å². The molecule has 2 fully saturated rings. The predicted molar refractivity (Wildman–Crippen MR) is 97.4 cm³/mol. The molecule has 5 nitrogen and oxygen atoms in total. The molecule has 2 aliphatic rings. The summed E-state index contributed by atoms with van der Waals surface area (Å²) in [6.45, 7) is 7.81. The SMILES string of the molecule is CC1CCCN(C(=O)C2CC2C(=O)Nc2ccc(OC(C)C)cc2)C1. The monoisotopic (exact) mass is 344 g/mol. The zero-order chi connectivity index (χ0) is 18.0. The summed E-state index contributed by atoms with van der Waals surface area (Å²) < 4.78 is 5.60. The van der Waals surface area contributed by atoms with Crippen LogP contribution < -0.4 is 10.1 Å². The van der Waals surface area contributed by atoms with E-state index < -0.39 is 0 Å². The van der Waals surface area contributed by atoms with Crippen molar-refractivity contribution < 1.29 is 14.3 Å². The minimum absolute atomic E-state index is 0.0547. The van der Waals surface area contributed by atoms with Gasteiger partial charge in [-0.1, -0.05) is 6.92 Å². The molecule has 1 aliphatic carbocycles. The summed E-state index contributed by atoms with van der Waals surface area (Å²) in [5.41, 5.74) is 0.741. The van der Waals surface area contributed by atoms with Gasteiger partial charge in [-0.2, -0.15) is 0 Å². The average molecular weight is 344 g/mol. The van der Waals surface area contributed by atoms with E-state index in [-0.39, 0.29) is 29.8 Å². The number of amides is 2. The van der Waals surface area contributed by atoms with Crippen molar-refractivity contribution in [3.8, 4) is 5.75 Å². The van der Waals surface area contributed by atoms with Crippen LogP contribution in [-0.4, -0.2) is 35.9 Å². The molecule has 1 aromatic rings. The molecule has 0 radical (unpaired) electrons. The molecule has 0 aromatic heterocycles. The molecule has 25 heavy (non-hydrogen) atoms. The first-order chi connectivity index (χ1) is 11.9. The zero-order valence-corrected chi connectivity index (χ0v) is 15.3. The molecule has 1 aromatic carbocycles. The number of likely N-dealkylation sites (tertiary alicyclic amines) is 1. The third kappa shape index (κ3) is 4.53.